The van der Waals surface area contributed by atoms with Crippen molar-refractivity contribution in [2.75, 3.05) is 4.90 Å². The van der Waals surface area contributed by atoms with Crippen LogP contribution in [0.15, 0.2) is 35.8 Å². The zero-order chi connectivity index (χ0) is 18.2. The summed E-state index contributed by atoms with van der Waals surface area (Å²) in [6, 6.07) is 2.17. The molecule has 1 spiro atoms. The predicted molar refractivity (Wildman–Crippen MR) is 93.9 cm³/mol. The number of hydrogen-bond acceptors (Lipinski definition) is 7. The molecule has 10 heteroatoms. The molecule has 4 atom stereocenters. The van der Waals surface area contributed by atoms with Crippen LogP contribution in [0.1, 0.15) is 25.7 Å². The maximum absolute atomic E-state index is 12.7. The van der Waals surface area contributed by atoms with Gasteiger partial charge >= 0.3 is 0 Å². The van der Waals surface area contributed by atoms with Crippen molar-refractivity contribution in [3.63, 3.8) is 0 Å². The van der Waals surface area contributed by atoms with Gasteiger partial charge in [0, 0.05) is 6.07 Å². The minimum absolute atomic E-state index is 0.164. The molecule has 3 aliphatic rings. The average molecular weight is 366 g/mol. The number of H-pyrrole nitrogens is 1. The first-order chi connectivity index (χ1) is 13.2. The molecule has 2 saturated carbocycles. The van der Waals surface area contributed by atoms with Crippen LogP contribution in [0.5, 0.6) is 0 Å². The summed E-state index contributed by atoms with van der Waals surface area (Å²) >= 11 is 0. The quantitative estimate of drug-likeness (QED) is 0.628. The third-order valence-corrected chi connectivity index (χ3v) is 6.46. The molecule has 4 heterocycles. The van der Waals surface area contributed by atoms with Crippen molar-refractivity contribution in [2.24, 2.45) is 5.92 Å². The summed E-state index contributed by atoms with van der Waals surface area (Å²) in [5.41, 5.74) is 0.273. The molecule has 138 valence electrons. The molecular formula is C17H18N8O2. The Hall–Kier alpha value is -3.01. The van der Waals surface area contributed by atoms with Crippen molar-refractivity contribution >= 4 is 5.82 Å². The molecule has 0 bridgehead atoms. The molecular weight excluding hydrogens is 348 g/mol. The lowest BCUT2D eigenvalue weighted by Gasteiger charge is -2.41. The zero-order valence-electron chi connectivity index (χ0n) is 14.4. The van der Waals surface area contributed by atoms with Crippen LogP contribution in [0, 0.1) is 5.92 Å². The Morgan fingerprint density at radius 1 is 1.26 bits per heavy atom. The van der Waals surface area contributed by atoms with E-state index in [1.165, 1.54) is 28.3 Å². The normalized spacial score (nSPS) is 31.1. The summed E-state index contributed by atoms with van der Waals surface area (Å²) in [7, 11) is 0. The Labute approximate surface area is 153 Å². The molecule has 0 aromatic carbocycles. The van der Waals surface area contributed by atoms with Gasteiger partial charge in [0.05, 0.1) is 36.3 Å². The van der Waals surface area contributed by atoms with Crippen LogP contribution in [-0.2, 0) is 0 Å². The highest BCUT2D eigenvalue weighted by molar-refractivity contribution is 5.61. The second-order valence-corrected chi connectivity index (χ2v) is 7.62. The summed E-state index contributed by atoms with van der Waals surface area (Å²) in [5.74, 6) is 1.83. The largest absolute Gasteiger partial charge is 0.393 e. The molecule has 3 aromatic rings. The lowest BCUT2D eigenvalue weighted by atomic mass is 9.64. The first-order valence-corrected chi connectivity index (χ1v) is 9.15. The Morgan fingerprint density at radius 2 is 2.15 bits per heavy atom. The number of anilines is 1. The van der Waals surface area contributed by atoms with Crippen LogP contribution in [-0.4, -0.2) is 57.5 Å². The first kappa shape index (κ1) is 15.1. The van der Waals surface area contributed by atoms with E-state index in [0.29, 0.717) is 23.5 Å². The molecule has 2 aliphatic carbocycles. The van der Waals surface area contributed by atoms with Gasteiger partial charge in [-0.25, -0.2) is 14.6 Å². The maximum Gasteiger partial charge on any atom is 0.298 e. The molecule has 3 fully saturated rings. The van der Waals surface area contributed by atoms with E-state index in [1.54, 1.807) is 12.4 Å². The molecule has 0 radical (unpaired) electrons. The minimum atomic E-state index is -0.261. The fourth-order valence-electron chi connectivity index (χ4n) is 5.12. The van der Waals surface area contributed by atoms with Crippen LogP contribution >= 0.6 is 0 Å². The number of aromatic amines is 1. The van der Waals surface area contributed by atoms with Crippen molar-refractivity contribution in [3.8, 4) is 11.5 Å². The van der Waals surface area contributed by atoms with Crippen LogP contribution in [0.2, 0.25) is 0 Å². The fourth-order valence-corrected chi connectivity index (χ4v) is 5.12. The van der Waals surface area contributed by atoms with Crippen molar-refractivity contribution in [1.29, 1.82) is 0 Å². The summed E-state index contributed by atoms with van der Waals surface area (Å²) < 4.78 is 2.79. The van der Waals surface area contributed by atoms with Gasteiger partial charge in [-0.2, -0.15) is 4.68 Å². The molecule has 2 unspecified atom stereocenters. The van der Waals surface area contributed by atoms with E-state index in [2.05, 4.69) is 30.3 Å². The Kier molecular flexibility index (Phi) is 2.81. The van der Waals surface area contributed by atoms with Crippen molar-refractivity contribution in [3.05, 3.63) is 41.3 Å². The highest BCUT2D eigenvalue weighted by atomic mass is 16.3. The average Bonchev–Trinajstić information content (AvgIpc) is 2.97. The van der Waals surface area contributed by atoms with Gasteiger partial charge in [0.25, 0.3) is 5.56 Å². The SMILES string of the molecule is O=c1c(-n2ccnn2)c[nH]n1-c1cc(N2C3C[C@H](O)C[C@@H]4CCC342)ncn1. The molecule has 1 aliphatic heterocycles. The number of aliphatic hydroxyl groups excluding tert-OH is 1. The summed E-state index contributed by atoms with van der Waals surface area (Å²) in [5, 5.41) is 20.7. The van der Waals surface area contributed by atoms with E-state index in [9.17, 15) is 9.90 Å². The number of nitrogens with one attached hydrogen (secondary N) is 1. The standard InChI is InChI=1S/C17H18N8O2/c26-11-5-10-1-2-17(10)13(6-11)24(17)14-7-15(19-9-18-14)25-16(27)12(8-21-25)23-4-3-20-22-23/h3-4,7-11,13,21,26H,1-2,5-6H2/t10-,11+,13?,17?,24?/m0/s1. The van der Waals surface area contributed by atoms with Gasteiger partial charge in [-0.05, 0) is 31.6 Å². The third-order valence-electron chi connectivity index (χ3n) is 6.46. The minimum Gasteiger partial charge on any atom is -0.393 e. The zero-order valence-corrected chi connectivity index (χ0v) is 14.4. The fraction of sp³-hybridized carbons (Fsp3) is 0.471. The van der Waals surface area contributed by atoms with E-state index in [4.69, 9.17) is 0 Å². The van der Waals surface area contributed by atoms with E-state index in [0.717, 1.165) is 25.1 Å². The number of hydrogen-bond donors (Lipinski definition) is 2. The van der Waals surface area contributed by atoms with Gasteiger partial charge < -0.3 is 10.0 Å². The molecule has 3 aromatic heterocycles. The topological polar surface area (TPSA) is 118 Å². The number of aliphatic hydroxyl groups is 1. The lowest BCUT2D eigenvalue weighted by Crippen LogP contribution is -2.45. The van der Waals surface area contributed by atoms with Crippen molar-refractivity contribution in [1.82, 2.24) is 34.7 Å². The van der Waals surface area contributed by atoms with Crippen molar-refractivity contribution < 1.29 is 5.11 Å². The summed E-state index contributed by atoms with van der Waals surface area (Å²) in [4.78, 5) is 23.8. The van der Waals surface area contributed by atoms with Crippen molar-refractivity contribution in [2.45, 2.75) is 43.4 Å². The van der Waals surface area contributed by atoms with Crippen LogP contribution in [0.25, 0.3) is 11.5 Å². The lowest BCUT2D eigenvalue weighted by molar-refractivity contribution is 0.0579. The Balaban J connectivity index is 1.37. The Bertz CT molecular complexity index is 1070. The van der Waals surface area contributed by atoms with E-state index in [-0.39, 0.29) is 17.2 Å². The molecule has 27 heavy (non-hydrogen) atoms. The maximum atomic E-state index is 12.7. The van der Waals surface area contributed by atoms with Gasteiger partial charge in [-0.1, -0.05) is 5.21 Å². The van der Waals surface area contributed by atoms with Gasteiger partial charge in [-0.15, -0.1) is 5.10 Å². The Morgan fingerprint density at radius 3 is 2.93 bits per heavy atom. The number of rotatable bonds is 3. The molecule has 6 rings (SSSR count). The number of nitrogens with zero attached hydrogens (tertiary/aromatic N) is 7. The smallest absolute Gasteiger partial charge is 0.298 e. The number of aromatic nitrogens is 7. The van der Waals surface area contributed by atoms with Gasteiger partial charge in [0.2, 0.25) is 0 Å². The second kappa shape index (κ2) is 5.03. The molecule has 2 N–H and O–H groups in total. The van der Waals surface area contributed by atoms with Gasteiger partial charge in [0.1, 0.15) is 12.1 Å². The highest BCUT2D eigenvalue weighted by Gasteiger charge is 2.73. The van der Waals surface area contributed by atoms with Crippen LogP contribution < -0.4 is 10.5 Å². The van der Waals surface area contributed by atoms with Gasteiger partial charge in [0.15, 0.2) is 11.5 Å². The predicted octanol–water partition coefficient (Wildman–Crippen LogP) is 0.0284. The van der Waals surface area contributed by atoms with E-state index in [1.807, 2.05) is 6.07 Å². The third kappa shape index (κ3) is 1.90. The van der Waals surface area contributed by atoms with Crippen LogP contribution in [0.4, 0.5) is 5.82 Å². The highest BCUT2D eigenvalue weighted by Crippen LogP contribution is 2.65. The molecule has 10 nitrogen and oxygen atoms in total. The van der Waals surface area contributed by atoms with E-state index < -0.39 is 0 Å². The molecule has 0 amide bonds. The second-order valence-electron chi connectivity index (χ2n) is 7.62. The van der Waals surface area contributed by atoms with Crippen LogP contribution in [0.3, 0.4) is 0 Å². The summed E-state index contributed by atoms with van der Waals surface area (Å²) in [6.07, 6.45) is 9.94. The summed E-state index contributed by atoms with van der Waals surface area (Å²) in [6.45, 7) is 0. The van der Waals surface area contributed by atoms with Gasteiger partial charge in [-0.3, -0.25) is 9.89 Å². The van der Waals surface area contributed by atoms with E-state index >= 15 is 0 Å². The monoisotopic (exact) mass is 366 g/mol. The molecule has 1 saturated heterocycles. The first-order valence-electron chi connectivity index (χ1n) is 9.15.